The Balaban J connectivity index is 1.46. The Labute approximate surface area is 192 Å². The lowest BCUT2D eigenvalue weighted by molar-refractivity contribution is 0.0611. The second-order valence-corrected chi connectivity index (χ2v) is 9.67. The summed E-state index contributed by atoms with van der Waals surface area (Å²) in [6.07, 6.45) is 7.48. The number of pyridine rings is 1. The molecule has 32 heavy (non-hydrogen) atoms. The molecule has 2 heterocycles. The number of nitrogens with zero attached hydrogens (tertiary/aromatic N) is 2. The van der Waals surface area contributed by atoms with Crippen LogP contribution in [0.15, 0.2) is 79.1 Å². The Morgan fingerprint density at radius 3 is 2.50 bits per heavy atom. The molecule has 5 heteroatoms. The molecule has 0 aliphatic heterocycles. The van der Waals surface area contributed by atoms with Crippen LogP contribution < -0.4 is 5.73 Å². The van der Waals surface area contributed by atoms with Crippen molar-refractivity contribution in [1.82, 2.24) is 9.88 Å². The topological polar surface area (TPSA) is 59.2 Å². The summed E-state index contributed by atoms with van der Waals surface area (Å²) >= 11 is 1.59. The number of thiophene rings is 1. The summed E-state index contributed by atoms with van der Waals surface area (Å²) < 4.78 is 1.15. The van der Waals surface area contributed by atoms with Gasteiger partial charge in [0.05, 0.1) is 4.88 Å². The molecule has 1 amide bonds. The predicted molar refractivity (Wildman–Crippen MR) is 132 cm³/mol. The van der Waals surface area contributed by atoms with Crippen LogP contribution in [0, 0.1) is 0 Å². The fourth-order valence-electron chi connectivity index (χ4n) is 4.60. The molecule has 1 saturated carbocycles. The van der Waals surface area contributed by atoms with Crippen molar-refractivity contribution in [2.75, 3.05) is 0 Å². The average molecular weight is 442 g/mol. The number of carbonyl (C=O) groups is 1. The summed E-state index contributed by atoms with van der Waals surface area (Å²) in [5.41, 5.74) is 9.58. The summed E-state index contributed by atoms with van der Waals surface area (Å²) in [7, 11) is 0. The summed E-state index contributed by atoms with van der Waals surface area (Å²) in [6, 6.07) is 23.2. The minimum absolute atomic E-state index is 0.126. The molecule has 0 saturated heterocycles. The van der Waals surface area contributed by atoms with Gasteiger partial charge >= 0.3 is 0 Å². The number of carbonyl (C=O) groups excluding carboxylic acids is 1. The van der Waals surface area contributed by atoms with Crippen LogP contribution in [-0.4, -0.2) is 27.9 Å². The van der Waals surface area contributed by atoms with Crippen molar-refractivity contribution < 1.29 is 4.79 Å². The van der Waals surface area contributed by atoms with E-state index in [2.05, 4.69) is 46.3 Å². The normalized spacial score (nSPS) is 18.5. The molecule has 2 N–H and O–H groups in total. The van der Waals surface area contributed by atoms with Crippen molar-refractivity contribution in [2.45, 2.75) is 44.3 Å². The van der Waals surface area contributed by atoms with E-state index in [9.17, 15) is 4.79 Å². The monoisotopic (exact) mass is 441 g/mol. The second-order valence-electron chi connectivity index (χ2n) is 8.59. The lowest BCUT2D eigenvalue weighted by atomic mass is 9.90. The van der Waals surface area contributed by atoms with Gasteiger partial charge in [0.25, 0.3) is 5.91 Å². The van der Waals surface area contributed by atoms with Crippen molar-refractivity contribution in [2.24, 2.45) is 5.73 Å². The van der Waals surface area contributed by atoms with Gasteiger partial charge in [0.1, 0.15) is 0 Å². The van der Waals surface area contributed by atoms with Gasteiger partial charge in [0, 0.05) is 35.7 Å². The minimum Gasteiger partial charge on any atom is -0.331 e. The van der Waals surface area contributed by atoms with E-state index in [1.54, 1.807) is 11.3 Å². The van der Waals surface area contributed by atoms with Crippen molar-refractivity contribution in [3.63, 3.8) is 0 Å². The number of amides is 1. The highest BCUT2D eigenvalue weighted by Crippen LogP contribution is 2.31. The molecule has 1 fully saturated rings. The molecule has 0 spiro atoms. The fraction of sp³-hybridized carbons (Fsp3) is 0.259. The van der Waals surface area contributed by atoms with Gasteiger partial charge in [-0.25, -0.2) is 0 Å². The Morgan fingerprint density at radius 2 is 1.72 bits per heavy atom. The Morgan fingerprint density at radius 1 is 0.938 bits per heavy atom. The number of rotatable bonds is 5. The number of hydrogen-bond acceptors (Lipinski definition) is 4. The predicted octanol–water partition coefficient (Wildman–Crippen LogP) is 5.88. The minimum atomic E-state index is 0.126. The van der Waals surface area contributed by atoms with Gasteiger partial charge in [-0.1, -0.05) is 36.4 Å². The molecule has 2 aromatic carbocycles. The molecule has 4 nitrogen and oxygen atoms in total. The van der Waals surface area contributed by atoms with Crippen LogP contribution in [0.25, 0.3) is 21.2 Å². The van der Waals surface area contributed by atoms with E-state index in [1.807, 2.05) is 42.7 Å². The van der Waals surface area contributed by atoms with Gasteiger partial charge in [-0.2, -0.15) is 0 Å². The van der Waals surface area contributed by atoms with Gasteiger partial charge in [0.15, 0.2) is 0 Å². The van der Waals surface area contributed by atoms with E-state index >= 15 is 0 Å². The Bertz CT molecular complexity index is 1180. The van der Waals surface area contributed by atoms with E-state index in [-0.39, 0.29) is 18.0 Å². The van der Waals surface area contributed by atoms with Crippen LogP contribution in [-0.2, 0) is 6.54 Å². The van der Waals surface area contributed by atoms with Gasteiger partial charge in [-0.15, -0.1) is 11.3 Å². The smallest absolute Gasteiger partial charge is 0.264 e. The van der Waals surface area contributed by atoms with Gasteiger partial charge in [0.2, 0.25) is 0 Å². The van der Waals surface area contributed by atoms with E-state index in [4.69, 9.17) is 5.73 Å². The number of benzene rings is 2. The summed E-state index contributed by atoms with van der Waals surface area (Å²) in [5.74, 6) is 0.126. The molecular weight excluding hydrogens is 414 g/mol. The van der Waals surface area contributed by atoms with Gasteiger partial charge in [-0.05, 0) is 78.1 Å². The Hall–Kier alpha value is -3.02. The van der Waals surface area contributed by atoms with Gasteiger partial charge in [-0.3, -0.25) is 9.78 Å². The van der Waals surface area contributed by atoms with Crippen LogP contribution in [0.4, 0.5) is 0 Å². The molecule has 162 valence electrons. The molecule has 0 unspecified atom stereocenters. The first-order valence-electron chi connectivity index (χ1n) is 11.2. The average Bonchev–Trinajstić information content (AvgIpc) is 3.28. The zero-order valence-corrected chi connectivity index (χ0v) is 18.8. The van der Waals surface area contributed by atoms with Crippen molar-refractivity contribution in [3.05, 3.63) is 89.6 Å². The van der Waals surface area contributed by atoms with E-state index in [0.717, 1.165) is 57.3 Å². The largest absolute Gasteiger partial charge is 0.331 e. The zero-order chi connectivity index (χ0) is 21.9. The zero-order valence-electron chi connectivity index (χ0n) is 18.0. The summed E-state index contributed by atoms with van der Waals surface area (Å²) in [4.78, 5) is 20.8. The number of fused-ring (bicyclic) bond motifs is 1. The SMILES string of the molecule is NC1CCC(N(Cc2cccc(-c3ccncc3)c2)C(=O)c2cc3ccccc3s2)CC1. The van der Waals surface area contributed by atoms with E-state index in [1.165, 1.54) is 0 Å². The lowest BCUT2D eigenvalue weighted by Crippen LogP contribution is -2.43. The van der Waals surface area contributed by atoms with Crippen LogP contribution in [0.3, 0.4) is 0 Å². The molecule has 5 rings (SSSR count). The molecule has 4 aromatic rings. The molecule has 0 radical (unpaired) electrons. The highest BCUT2D eigenvalue weighted by Gasteiger charge is 2.29. The fourth-order valence-corrected chi connectivity index (χ4v) is 5.62. The number of aromatic nitrogens is 1. The number of hydrogen-bond donors (Lipinski definition) is 1. The first-order valence-corrected chi connectivity index (χ1v) is 12.0. The first kappa shape index (κ1) is 20.9. The van der Waals surface area contributed by atoms with Gasteiger partial charge < -0.3 is 10.6 Å². The third-order valence-electron chi connectivity index (χ3n) is 6.37. The maximum atomic E-state index is 13.8. The molecule has 2 aromatic heterocycles. The highest BCUT2D eigenvalue weighted by molar-refractivity contribution is 7.20. The molecular formula is C27H27N3OS. The maximum Gasteiger partial charge on any atom is 0.264 e. The lowest BCUT2D eigenvalue weighted by Gasteiger charge is -2.36. The molecule has 1 aliphatic rings. The van der Waals surface area contributed by atoms with E-state index < -0.39 is 0 Å². The molecule has 0 atom stereocenters. The number of nitrogens with two attached hydrogens (primary N) is 1. The summed E-state index contributed by atoms with van der Waals surface area (Å²) in [5, 5.41) is 1.13. The third-order valence-corrected chi connectivity index (χ3v) is 7.48. The molecule has 1 aliphatic carbocycles. The van der Waals surface area contributed by atoms with Crippen LogP contribution >= 0.6 is 11.3 Å². The quantitative estimate of drug-likeness (QED) is 0.421. The first-order chi connectivity index (χ1) is 15.7. The highest BCUT2D eigenvalue weighted by atomic mass is 32.1. The molecule has 0 bridgehead atoms. The third kappa shape index (κ3) is 4.45. The van der Waals surface area contributed by atoms with Crippen LogP contribution in [0.2, 0.25) is 0 Å². The van der Waals surface area contributed by atoms with E-state index in [0.29, 0.717) is 6.54 Å². The summed E-state index contributed by atoms with van der Waals surface area (Å²) in [6.45, 7) is 0.603. The van der Waals surface area contributed by atoms with Crippen LogP contribution in [0.5, 0.6) is 0 Å². The maximum absolute atomic E-state index is 13.8. The van der Waals surface area contributed by atoms with Crippen molar-refractivity contribution in [3.8, 4) is 11.1 Å². The van der Waals surface area contributed by atoms with Crippen molar-refractivity contribution >= 4 is 27.3 Å². The Kier molecular flexibility index (Phi) is 6.02. The van der Waals surface area contributed by atoms with Crippen molar-refractivity contribution in [1.29, 1.82) is 0 Å². The van der Waals surface area contributed by atoms with Crippen LogP contribution in [0.1, 0.15) is 40.9 Å². The second kappa shape index (κ2) is 9.23. The standard InChI is InChI=1S/C27H27N3OS/c28-23-8-10-24(11-9-23)30(27(31)26-17-22-5-1-2-7-25(22)32-26)18-19-4-3-6-21(16-19)20-12-14-29-15-13-20/h1-7,12-17,23-24H,8-11,18,28H2.